The maximum atomic E-state index is 13.4. The number of rotatable bonds is 7. The van der Waals surface area contributed by atoms with E-state index in [9.17, 15) is 28.1 Å². The quantitative estimate of drug-likeness (QED) is 0.292. The normalized spacial score (nSPS) is 19.2. The first-order chi connectivity index (χ1) is 17.8. The van der Waals surface area contributed by atoms with Crippen LogP contribution in [0.5, 0.6) is 11.5 Å². The lowest BCUT2D eigenvalue weighted by Gasteiger charge is -2.48. The Morgan fingerprint density at radius 2 is 1.54 bits per heavy atom. The Balaban J connectivity index is 1.47. The van der Waals surface area contributed by atoms with Crippen molar-refractivity contribution < 1.29 is 28.1 Å². The SMILES string of the molecule is O=S1(=O)[C@@H](CC[C@H](O)c2ccc(F)cc2)[C@@H](c2ccc(-c3cccc(O)c3)cc2O)N1c1ccccc1. The molecule has 1 aliphatic heterocycles. The lowest BCUT2D eigenvalue weighted by Crippen LogP contribution is -2.58. The van der Waals surface area contributed by atoms with Crippen LogP contribution in [0.2, 0.25) is 0 Å². The summed E-state index contributed by atoms with van der Waals surface area (Å²) in [6.07, 6.45) is -0.664. The minimum absolute atomic E-state index is 0.0641. The van der Waals surface area contributed by atoms with Crippen LogP contribution in [0.4, 0.5) is 10.1 Å². The molecule has 190 valence electrons. The van der Waals surface area contributed by atoms with Crippen molar-refractivity contribution in [1.29, 1.82) is 0 Å². The fourth-order valence-electron chi connectivity index (χ4n) is 4.90. The topological polar surface area (TPSA) is 98.1 Å². The number of sulfonamides is 1. The number of aliphatic hydroxyl groups is 1. The van der Waals surface area contributed by atoms with Gasteiger partial charge in [0.05, 0.1) is 17.8 Å². The van der Waals surface area contributed by atoms with E-state index in [1.807, 2.05) is 0 Å². The van der Waals surface area contributed by atoms with Crippen molar-refractivity contribution >= 4 is 15.7 Å². The zero-order valence-corrected chi connectivity index (χ0v) is 20.6. The predicted molar refractivity (Wildman–Crippen MR) is 140 cm³/mol. The van der Waals surface area contributed by atoms with Gasteiger partial charge >= 0.3 is 0 Å². The third kappa shape index (κ3) is 4.77. The number of nitrogens with zero attached hydrogens (tertiary/aromatic N) is 1. The van der Waals surface area contributed by atoms with Gasteiger partial charge in [-0.1, -0.05) is 54.6 Å². The Labute approximate surface area is 214 Å². The molecule has 0 aliphatic carbocycles. The number of phenolic OH excluding ortho intramolecular Hbond substituents is 2. The fraction of sp³-hybridized carbons (Fsp3) is 0.172. The van der Waals surface area contributed by atoms with Crippen molar-refractivity contribution in [2.45, 2.75) is 30.2 Å². The first kappa shape index (κ1) is 24.8. The highest BCUT2D eigenvalue weighted by atomic mass is 32.2. The average molecular weight is 520 g/mol. The predicted octanol–water partition coefficient (Wildman–Crippen LogP) is 5.68. The molecule has 1 heterocycles. The van der Waals surface area contributed by atoms with Gasteiger partial charge in [0.15, 0.2) is 0 Å². The lowest BCUT2D eigenvalue weighted by molar-refractivity contribution is 0.162. The van der Waals surface area contributed by atoms with E-state index in [4.69, 9.17) is 0 Å². The number of aliphatic hydroxyl groups excluding tert-OH is 1. The number of aromatic hydroxyl groups is 2. The number of halogens is 1. The summed E-state index contributed by atoms with van der Waals surface area (Å²) in [5, 5.41) is 30.6. The van der Waals surface area contributed by atoms with Gasteiger partial charge in [-0.2, -0.15) is 0 Å². The molecule has 0 bridgehead atoms. The Bertz CT molecular complexity index is 1510. The molecule has 3 atom stereocenters. The highest BCUT2D eigenvalue weighted by Gasteiger charge is 2.54. The first-order valence-electron chi connectivity index (χ1n) is 11.9. The summed E-state index contributed by atoms with van der Waals surface area (Å²) in [4.78, 5) is 0. The van der Waals surface area contributed by atoms with E-state index >= 15 is 0 Å². The van der Waals surface area contributed by atoms with Gasteiger partial charge in [-0.15, -0.1) is 0 Å². The van der Waals surface area contributed by atoms with Gasteiger partial charge in [-0.25, -0.2) is 12.8 Å². The molecule has 37 heavy (non-hydrogen) atoms. The van der Waals surface area contributed by atoms with Crippen LogP contribution in [-0.4, -0.2) is 29.0 Å². The van der Waals surface area contributed by atoms with E-state index in [0.29, 0.717) is 27.9 Å². The molecular weight excluding hydrogens is 493 g/mol. The number of hydrogen-bond donors (Lipinski definition) is 3. The van der Waals surface area contributed by atoms with Crippen molar-refractivity contribution in [3.05, 3.63) is 114 Å². The van der Waals surface area contributed by atoms with Crippen molar-refractivity contribution in [3.63, 3.8) is 0 Å². The van der Waals surface area contributed by atoms with Crippen molar-refractivity contribution in [2.24, 2.45) is 0 Å². The molecule has 4 aromatic carbocycles. The second kappa shape index (κ2) is 9.88. The van der Waals surface area contributed by atoms with Crippen LogP contribution in [0.3, 0.4) is 0 Å². The molecule has 0 amide bonds. The average Bonchev–Trinajstić information content (AvgIpc) is 2.88. The Hall–Kier alpha value is -3.88. The van der Waals surface area contributed by atoms with Crippen LogP contribution in [0.1, 0.15) is 36.1 Å². The molecule has 1 aliphatic rings. The number of phenols is 2. The smallest absolute Gasteiger partial charge is 0.241 e. The maximum absolute atomic E-state index is 13.4. The Morgan fingerprint density at radius 3 is 2.22 bits per heavy atom. The maximum Gasteiger partial charge on any atom is 0.241 e. The van der Waals surface area contributed by atoms with Crippen LogP contribution in [0.25, 0.3) is 11.1 Å². The molecule has 0 spiro atoms. The largest absolute Gasteiger partial charge is 0.508 e. The van der Waals surface area contributed by atoms with E-state index in [2.05, 4.69) is 0 Å². The minimum Gasteiger partial charge on any atom is -0.508 e. The summed E-state index contributed by atoms with van der Waals surface area (Å²) in [6.45, 7) is 0. The molecule has 6 nitrogen and oxygen atoms in total. The minimum atomic E-state index is -3.76. The molecule has 3 N–H and O–H groups in total. The van der Waals surface area contributed by atoms with Gasteiger partial charge in [0.1, 0.15) is 22.6 Å². The molecule has 0 saturated carbocycles. The molecule has 5 rings (SSSR count). The molecular formula is C29H26FNO5S. The third-order valence-corrected chi connectivity index (χ3v) is 9.03. The van der Waals surface area contributed by atoms with E-state index in [0.717, 1.165) is 0 Å². The second-order valence-electron chi connectivity index (χ2n) is 9.13. The molecule has 4 aromatic rings. The van der Waals surface area contributed by atoms with Crippen LogP contribution >= 0.6 is 0 Å². The highest BCUT2D eigenvalue weighted by Crippen LogP contribution is 2.50. The number of anilines is 1. The Morgan fingerprint density at radius 1 is 0.838 bits per heavy atom. The second-order valence-corrected chi connectivity index (χ2v) is 11.2. The van der Waals surface area contributed by atoms with E-state index < -0.39 is 33.2 Å². The molecule has 0 unspecified atom stereocenters. The first-order valence-corrected chi connectivity index (χ1v) is 13.4. The lowest BCUT2D eigenvalue weighted by atomic mass is 9.93. The zero-order chi connectivity index (χ0) is 26.2. The highest BCUT2D eigenvalue weighted by molar-refractivity contribution is 7.95. The van der Waals surface area contributed by atoms with Gasteiger partial charge in [-0.3, -0.25) is 4.31 Å². The molecule has 1 saturated heterocycles. The van der Waals surface area contributed by atoms with Crippen LogP contribution < -0.4 is 4.31 Å². The number of benzene rings is 4. The summed E-state index contributed by atoms with van der Waals surface area (Å²) in [5.41, 5.74) is 2.83. The summed E-state index contributed by atoms with van der Waals surface area (Å²) < 4.78 is 41.5. The van der Waals surface area contributed by atoms with Crippen LogP contribution in [0.15, 0.2) is 97.1 Å². The summed E-state index contributed by atoms with van der Waals surface area (Å²) >= 11 is 0. The third-order valence-electron chi connectivity index (χ3n) is 6.78. The summed E-state index contributed by atoms with van der Waals surface area (Å²) in [6, 6.07) is 25.2. The van der Waals surface area contributed by atoms with Crippen LogP contribution in [0, 0.1) is 5.82 Å². The van der Waals surface area contributed by atoms with Gasteiger partial charge in [0, 0.05) is 5.56 Å². The summed E-state index contributed by atoms with van der Waals surface area (Å²) in [5.74, 6) is -0.382. The van der Waals surface area contributed by atoms with Crippen molar-refractivity contribution in [1.82, 2.24) is 0 Å². The number of hydrogen-bond acceptors (Lipinski definition) is 5. The number of para-hydroxylation sites is 1. The van der Waals surface area contributed by atoms with Crippen molar-refractivity contribution in [3.8, 4) is 22.6 Å². The van der Waals surface area contributed by atoms with E-state index in [1.54, 1.807) is 72.8 Å². The van der Waals surface area contributed by atoms with E-state index in [-0.39, 0.29) is 24.3 Å². The molecule has 0 radical (unpaired) electrons. The zero-order valence-electron chi connectivity index (χ0n) is 19.8. The van der Waals surface area contributed by atoms with Gasteiger partial charge in [0.2, 0.25) is 10.0 Å². The van der Waals surface area contributed by atoms with Gasteiger partial charge in [-0.05, 0) is 72.0 Å². The standard InChI is InChI=1S/C29H26FNO5S/c30-22-12-9-19(10-13-22)26(33)15-16-28-29(31(37(28,35)36)23-6-2-1-3-7-23)25-14-11-21(18-27(25)34)20-5-4-8-24(32)17-20/h1-14,17-18,26,28-29,32-34H,15-16H2/t26-,28-,29+/m0/s1. The molecule has 1 fully saturated rings. The molecule has 8 heteroatoms. The summed E-state index contributed by atoms with van der Waals surface area (Å²) in [7, 11) is -3.76. The monoisotopic (exact) mass is 519 g/mol. The van der Waals surface area contributed by atoms with Gasteiger partial charge < -0.3 is 15.3 Å². The fourth-order valence-corrected chi connectivity index (χ4v) is 7.02. The Kier molecular flexibility index (Phi) is 6.62. The molecule has 0 aromatic heterocycles. The van der Waals surface area contributed by atoms with Crippen LogP contribution in [-0.2, 0) is 10.0 Å². The van der Waals surface area contributed by atoms with Crippen molar-refractivity contribution in [2.75, 3.05) is 4.31 Å². The van der Waals surface area contributed by atoms with E-state index in [1.165, 1.54) is 28.6 Å². The van der Waals surface area contributed by atoms with Gasteiger partial charge in [0.25, 0.3) is 0 Å².